The minimum atomic E-state index is -0.352. The highest BCUT2D eigenvalue weighted by molar-refractivity contribution is 5.41. The number of hydrogen-bond donors (Lipinski definition) is 1. The van der Waals surface area contributed by atoms with E-state index in [-0.39, 0.29) is 5.54 Å². The molecule has 0 radical (unpaired) electrons. The molecule has 0 aliphatic heterocycles. The minimum absolute atomic E-state index is 0.352. The third-order valence-corrected chi connectivity index (χ3v) is 1.42. The first-order valence-corrected chi connectivity index (χ1v) is 3.96. The molecule has 0 spiro atoms. The van der Waals surface area contributed by atoms with Crippen LogP contribution in [0.25, 0.3) is 0 Å². The second kappa shape index (κ2) is 4.08. The summed E-state index contributed by atoms with van der Waals surface area (Å²) in [6, 6.07) is 2.11. The predicted octanol–water partition coefficient (Wildman–Crippen LogP) is 2.14. The minimum Gasteiger partial charge on any atom is -0.322 e. The molecule has 2 nitrogen and oxygen atoms in total. The number of nitrogens with two attached hydrogens (primary N) is 1. The second-order valence-corrected chi connectivity index (χ2v) is 3.46. The standard InChI is InChI=1S/C10H16N2/c1-5-9(7-11)8(2)6-10(3,4)12/h5-6H,12H2,1-4H3. The molecule has 66 valence electrons. The third kappa shape index (κ3) is 3.95. The molecule has 12 heavy (non-hydrogen) atoms. The molecule has 0 rings (SSSR count). The van der Waals surface area contributed by atoms with Gasteiger partial charge in [-0.05, 0) is 33.3 Å². The number of allylic oxidation sites excluding steroid dienone is 3. The van der Waals surface area contributed by atoms with Crippen LogP contribution in [-0.2, 0) is 0 Å². The van der Waals surface area contributed by atoms with E-state index in [4.69, 9.17) is 11.0 Å². The Morgan fingerprint density at radius 1 is 1.50 bits per heavy atom. The second-order valence-electron chi connectivity index (χ2n) is 3.46. The molecule has 0 aromatic heterocycles. The highest BCUT2D eigenvalue weighted by atomic mass is 14.7. The quantitative estimate of drug-likeness (QED) is 0.502. The fraction of sp³-hybridized carbons (Fsp3) is 0.500. The largest absolute Gasteiger partial charge is 0.322 e. The van der Waals surface area contributed by atoms with Crippen LogP contribution in [0.1, 0.15) is 27.7 Å². The predicted molar refractivity (Wildman–Crippen MR) is 51.4 cm³/mol. The first kappa shape index (κ1) is 10.9. The fourth-order valence-corrected chi connectivity index (χ4v) is 1.02. The first-order valence-electron chi connectivity index (χ1n) is 3.96. The lowest BCUT2D eigenvalue weighted by molar-refractivity contribution is 0.650. The van der Waals surface area contributed by atoms with Gasteiger partial charge in [0, 0.05) is 5.54 Å². The molecule has 2 heteroatoms. The summed E-state index contributed by atoms with van der Waals surface area (Å²) in [4.78, 5) is 0. The molecule has 0 atom stereocenters. The summed E-state index contributed by atoms with van der Waals surface area (Å²) in [5.41, 5.74) is 7.04. The zero-order chi connectivity index (χ0) is 9.78. The Hall–Kier alpha value is -1.07. The van der Waals surface area contributed by atoms with Crippen molar-refractivity contribution >= 4 is 0 Å². The Kier molecular flexibility index (Phi) is 3.72. The van der Waals surface area contributed by atoms with Gasteiger partial charge in [-0.2, -0.15) is 5.26 Å². The molecule has 0 amide bonds. The van der Waals surface area contributed by atoms with Gasteiger partial charge in [-0.25, -0.2) is 0 Å². The summed E-state index contributed by atoms with van der Waals surface area (Å²) >= 11 is 0. The van der Waals surface area contributed by atoms with Crippen LogP contribution in [0.2, 0.25) is 0 Å². The topological polar surface area (TPSA) is 49.8 Å². The SMILES string of the molecule is CC=C(C#N)C(C)=CC(C)(C)N. The van der Waals surface area contributed by atoms with Crippen LogP contribution in [0.15, 0.2) is 23.3 Å². The van der Waals surface area contributed by atoms with Crippen molar-refractivity contribution in [3.05, 3.63) is 23.3 Å². The molecule has 0 unspecified atom stereocenters. The van der Waals surface area contributed by atoms with Crippen molar-refractivity contribution in [1.29, 1.82) is 5.26 Å². The van der Waals surface area contributed by atoms with Gasteiger partial charge in [-0.1, -0.05) is 12.2 Å². The van der Waals surface area contributed by atoms with Crippen molar-refractivity contribution in [2.45, 2.75) is 33.2 Å². The van der Waals surface area contributed by atoms with Crippen LogP contribution in [0, 0.1) is 11.3 Å². The van der Waals surface area contributed by atoms with Crippen molar-refractivity contribution in [2.24, 2.45) is 5.73 Å². The van der Waals surface area contributed by atoms with Gasteiger partial charge in [0.05, 0.1) is 11.6 Å². The fourth-order valence-electron chi connectivity index (χ4n) is 1.02. The molecule has 0 bridgehead atoms. The number of rotatable bonds is 2. The summed E-state index contributed by atoms with van der Waals surface area (Å²) in [6.07, 6.45) is 3.68. The van der Waals surface area contributed by atoms with Gasteiger partial charge in [0.15, 0.2) is 0 Å². The van der Waals surface area contributed by atoms with Gasteiger partial charge in [0.1, 0.15) is 0 Å². The van der Waals surface area contributed by atoms with Crippen molar-refractivity contribution in [2.75, 3.05) is 0 Å². The third-order valence-electron chi connectivity index (χ3n) is 1.42. The average Bonchev–Trinajstić information content (AvgIpc) is 1.85. The Morgan fingerprint density at radius 3 is 2.25 bits per heavy atom. The molecule has 2 N–H and O–H groups in total. The van der Waals surface area contributed by atoms with E-state index in [2.05, 4.69) is 6.07 Å². The highest BCUT2D eigenvalue weighted by Crippen LogP contribution is 2.12. The molecular formula is C10H16N2. The summed E-state index contributed by atoms with van der Waals surface area (Å²) in [7, 11) is 0. The van der Waals surface area contributed by atoms with E-state index in [0.29, 0.717) is 5.57 Å². The van der Waals surface area contributed by atoms with E-state index in [9.17, 15) is 0 Å². The van der Waals surface area contributed by atoms with Gasteiger partial charge in [0.25, 0.3) is 0 Å². The molecule has 0 saturated heterocycles. The van der Waals surface area contributed by atoms with Crippen LogP contribution in [0.3, 0.4) is 0 Å². The highest BCUT2D eigenvalue weighted by Gasteiger charge is 2.07. The number of hydrogen-bond acceptors (Lipinski definition) is 2. The molecule has 0 saturated carbocycles. The zero-order valence-corrected chi connectivity index (χ0v) is 8.18. The summed E-state index contributed by atoms with van der Waals surface area (Å²) < 4.78 is 0. The Balaban J connectivity index is 4.73. The average molecular weight is 164 g/mol. The lowest BCUT2D eigenvalue weighted by atomic mass is 9.99. The smallest absolute Gasteiger partial charge is 0.0990 e. The Bertz CT molecular complexity index is 246. The normalized spacial score (nSPS) is 14.3. The van der Waals surface area contributed by atoms with Crippen molar-refractivity contribution in [3.63, 3.8) is 0 Å². The monoisotopic (exact) mass is 164 g/mol. The maximum Gasteiger partial charge on any atom is 0.0990 e. The van der Waals surface area contributed by atoms with Crippen molar-refractivity contribution in [1.82, 2.24) is 0 Å². The van der Waals surface area contributed by atoms with Crippen molar-refractivity contribution < 1.29 is 0 Å². The lowest BCUT2D eigenvalue weighted by Crippen LogP contribution is -2.29. The molecule has 0 aliphatic rings. The summed E-state index contributed by atoms with van der Waals surface area (Å²) in [5, 5.41) is 8.69. The number of nitrogens with zero attached hydrogens (tertiary/aromatic N) is 1. The zero-order valence-electron chi connectivity index (χ0n) is 8.18. The van der Waals surface area contributed by atoms with Crippen LogP contribution >= 0.6 is 0 Å². The molecule has 0 fully saturated rings. The van der Waals surface area contributed by atoms with Crippen LogP contribution in [0.4, 0.5) is 0 Å². The van der Waals surface area contributed by atoms with E-state index >= 15 is 0 Å². The van der Waals surface area contributed by atoms with E-state index in [0.717, 1.165) is 5.57 Å². The molecular weight excluding hydrogens is 148 g/mol. The molecule has 0 aromatic rings. The van der Waals surface area contributed by atoms with E-state index in [1.807, 2.05) is 33.8 Å². The maximum absolute atomic E-state index is 8.69. The van der Waals surface area contributed by atoms with Gasteiger partial charge in [-0.3, -0.25) is 0 Å². The van der Waals surface area contributed by atoms with Gasteiger partial charge >= 0.3 is 0 Å². The van der Waals surface area contributed by atoms with Gasteiger partial charge < -0.3 is 5.73 Å². The van der Waals surface area contributed by atoms with Crippen molar-refractivity contribution in [3.8, 4) is 6.07 Å². The Labute approximate surface area is 74.4 Å². The summed E-state index contributed by atoms with van der Waals surface area (Å²) in [6.45, 7) is 7.55. The van der Waals surface area contributed by atoms with Crippen LogP contribution in [0.5, 0.6) is 0 Å². The summed E-state index contributed by atoms with van der Waals surface area (Å²) in [5.74, 6) is 0. The van der Waals surface area contributed by atoms with E-state index in [1.54, 1.807) is 6.08 Å². The Morgan fingerprint density at radius 2 is 2.00 bits per heavy atom. The number of nitriles is 1. The van der Waals surface area contributed by atoms with E-state index in [1.165, 1.54) is 0 Å². The van der Waals surface area contributed by atoms with E-state index < -0.39 is 0 Å². The van der Waals surface area contributed by atoms with Crippen LogP contribution < -0.4 is 5.73 Å². The van der Waals surface area contributed by atoms with Gasteiger partial charge in [0.2, 0.25) is 0 Å². The molecule has 0 heterocycles. The van der Waals surface area contributed by atoms with Gasteiger partial charge in [-0.15, -0.1) is 0 Å². The molecule has 0 aromatic carbocycles. The maximum atomic E-state index is 8.69. The van der Waals surface area contributed by atoms with Crippen LogP contribution in [-0.4, -0.2) is 5.54 Å². The first-order chi connectivity index (χ1) is 5.40. The lowest BCUT2D eigenvalue weighted by Gasteiger charge is -2.13. The molecule has 0 aliphatic carbocycles.